The molecular weight excluding hydrogens is 552 g/mol. The van der Waals surface area contributed by atoms with Gasteiger partial charge >= 0.3 is 17.9 Å². The lowest BCUT2D eigenvalue weighted by Crippen LogP contribution is -2.30. The Labute approximate surface area is 272 Å². The molecule has 0 saturated carbocycles. The van der Waals surface area contributed by atoms with E-state index in [1.165, 1.54) is 103 Å². The Morgan fingerprint density at radius 3 is 0.909 bits per heavy atom. The third-order valence-corrected chi connectivity index (χ3v) is 8.36. The Morgan fingerprint density at radius 1 is 0.364 bits per heavy atom. The van der Waals surface area contributed by atoms with Gasteiger partial charge in [0.15, 0.2) is 6.10 Å². The van der Waals surface area contributed by atoms with E-state index in [1.807, 2.05) is 0 Å². The lowest BCUT2D eigenvalue weighted by atomic mass is 10.0. The van der Waals surface area contributed by atoms with E-state index < -0.39 is 6.10 Å². The molecule has 0 aromatic heterocycles. The summed E-state index contributed by atoms with van der Waals surface area (Å²) in [6.07, 6.45) is 31.2. The number of carbonyl (C=O) groups is 3. The van der Waals surface area contributed by atoms with E-state index >= 15 is 0 Å². The number of esters is 3. The summed E-state index contributed by atoms with van der Waals surface area (Å²) < 4.78 is 16.4. The van der Waals surface area contributed by atoms with Crippen molar-refractivity contribution in [3.8, 4) is 0 Å². The molecule has 0 saturated heterocycles. The average Bonchev–Trinajstić information content (AvgIpc) is 3.02. The molecule has 0 aliphatic carbocycles. The van der Waals surface area contributed by atoms with Crippen LogP contribution in [0.15, 0.2) is 0 Å². The fourth-order valence-electron chi connectivity index (χ4n) is 5.44. The van der Waals surface area contributed by atoms with E-state index in [1.54, 1.807) is 0 Å². The fourth-order valence-corrected chi connectivity index (χ4v) is 5.44. The van der Waals surface area contributed by atoms with Crippen LogP contribution in [0.25, 0.3) is 0 Å². The van der Waals surface area contributed by atoms with Crippen molar-refractivity contribution >= 4 is 17.9 Å². The summed E-state index contributed by atoms with van der Waals surface area (Å²) in [6.45, 7) is 6.50. The first kappa shape index (κ1) is 42.4. The number of hydrogen-bond donors (Lipinski definition) is 0. The summed E-state index contributed by atoms with van der Waals surface area (Å²) in [7, 11) is 0. The highest BCUT2D eigenvalue weighted by molar-refractivity contribution is 5.71. The van der Waals surface area contributed by atoms with Gasteiger partial charge in [-0.15, -0.1) is 0 Å². The topological polar surface area (TPSA) is 78.9 Å². The quantitative estimate of drug-likeness (QED) is 0.0402. The first-order chi connectivity index (χ1) is 21.5. The molecule has 0 bridgehead atoms. The summed E-state index contributed by atoms with van der Waals surface area (Å²) in [4.78, 5) is 37.0. The zero-order valence-electron chi connectivity index (χ0n) is 29.4. The Hall–Kier alpha value is -1.59. The molecule has 0 heterocycles. The van der Waals surface area contributed by atoms with Crippen LogP contribution in [0.5, 0.6) is 0 Å². The highest BCUT2D eigenvalue weighted by Crippen LogP contribution is 2.14. The van der Waals surface area contributed by atoms with Crippen molar-refractivity contribution in [2.75, 3.05) is 13.2 Å². The lowest BCUT2D eigenvalue weighted by molar-refractivity contribution is -0.167. The molecule has 6 heteroatoms. The highest BCUT2D eigenvalue weighted by Gasteiger charge is 2.19. The van der Waals surface area contributed by atoms with Gasteiger partial charge in [0, 0.05) is 19.3 Å². The normalized spacial score (nSPS) is 11.8. The predicted octanol–water partition coefficient (Wildman–Crippen LogP) is 11.4. The molecular formula is C38H72O6. The van der Waals surface area contributed by atoms with Gasteiger partial charge in [-0.25, -0.2) is 0 Å². The Balaban J connectivity index is 4.18. The molecule has 260 valence electrons. The molecule has 0 radical (unpaired) electrons. The third-order valence-electron chi connectivity index (χ3n) is 8.36. The Bertz CT molecular complexity index is 649. The summed E-state index contributed by atoms with van der Waals surface area (Å²) in [5.41, 5.74) is 0. The monoisotopic (exact) mass is 625 g/mol. The van der Waals surface area contributed by atoms with E-state index in [-0.39, 0.29) is 31.1 Å². The zero-order chi connectivity index (χ0) is 32.4. The zero-order valence-corrected chi connectivity index (χ0v) is 29.4. The van der Waals surface area contributed by atoms with Gasteiger partial charge in [-0.05, 0) is 19.3 Å². The Kier molecular flexibility index (Phi) is 33.0. The van der Waals surface area contributed by atoms with Gasteiger partial charge in [-0.2, -0.15) is 0 Å². The molecule has 0 unspecified atom stereocenters. The number of carbonyl (C=O) groups excluding carboxylic acids is 3. The second-order valence-electron chi connectivity index (χ2n) is 12.9. The lowest BCUT2D eigenvalue weighted by Gasteiger charge is -2.18. The van der Waals surface area contributed by atoms with Crippen LogP contribution in [0, 0.1) is 0 Å². The maximum absolute atomic E-state index is 12.5. The van der Waals surface area contributed by atoms with Gasteiger partial charge in [-0.3, -0.25) is 14.4 Å². The first-order valence-corrected chi connectivity index (χ1v) is 19.0. The standard InChI is InChI=1S/C38H72O6/c1-4-7-10-13-15-16-17-18-19-20-21-23-25-28-31-37(40)43-34-35(33-42-36(39)30-27-24-12-9-6-3)44-38(41)32-29-26-22-14-11-8-5-2/h35H,4-34H2,1-3H3/t35-/m1/s1. The molecule has 0 spiro atoms. The van der Waals surface area contributed by atoms with Gasteiger partial charge in [0.2, 0.25) is 0 Å². The van der Waals surface area contributed by atoms with Crippen LogP contribution < -0.4 is 0 Å². The smallest absolute Gasteiger partial charge is 0.306 e. The number of unbranched alkanes of at least 4 members (excludes halogenated alkanes) is 23. The fraction of sp³-hybridized carbons (Fsp3) is 0.921. The molecule has 0 aromatic rings. The molecule has 0 rings (SSSR count). The van der Waals surface area contributed by atoms with E-state index in [2.05, 4.69) is 20.8 Å². The van der Waals surface area contributed by atoms with E-state index in [9.17, 15) is 14.4 Å². The minimum atomic E-state index is -0.753. The summed E-state index contributed by atoms with van der Waals surface area (Å²) >= 11 is 0. The maximum atomic E-state index is 12.5. The molecule has 44 heavy (non-hydrogen) atoms. The third kappa shape index (κ3) is 31.8. The average molecular weight is 625 g/mol. The van der Waals surface area contributed by atoms with Crippen LogP contribution in [-0.4, -0.2) is 37.2 Å². The van der Waals surface area contributed by atoms with Crippen LogP contribution in [0.3, 0.4) is 0 Å². The minimum absolute atomic E-state index is 0.0655. The molecule has 0 amide bonds. The summed E-state index contributed by atoms with van der Waals surface area (Å²) in [5.74, 6) is -0.884. The summed E-state index contributed by atoms with van der Waals surface area (Å²) in [6, 6.07) is 0. The second kappa shape index (κ2) is 34.3. The van der Waals surface area contributed by atoms with E-state index in [0.29, 0.717) is 19.3 Å². The largest absolute Gasteiger partial charge is 0.462 e. The number of hydrogen-bond acceptors (Lipinski definition) is 6. The van der Waals surface area contributed by atoms with Crippen molar-refractivity contribution in [2.45, 2.75) is 213 Å². The second-order valence-corrected chi connectivity index (χ2v) is 12.9. The number of rotatable bonds is 34. The maximum Gasteiger partial charge on any atom is 0.306 e. The van der Waals surface area contributed by atoms with Crippen molar-refractivity contribution < 1.29 is 28.6 Å². The van der Waals surface area contributed by atoms with Crippen LogP contribution in [-0.2, 0) is 28.6 Å². The van der Waals surface area contributed by atoms with Crippen molar-refractivity contribution in [2.24, 2.45) is 0 Å². The van der Waals surface area contributed by atoms with Crippen molar-refractivity contribution in [1.29, 1.82) is 0 Å². The molecule has 0 N–H and O–H groups in total. The van der Waals surface area contributed by atoms with Crippen LogP contribution in [0.1, 0.15) is 207 Å². The van der Waals surface area contributed by atoms with Crippen molar-refractivity contribution in [1.82, 2.24) is 0 Å². The molecule has 0 fully saturated rings. The molecule has 0 aliphatic rings. The SMILES string of the molecule is CCCCCCCCCCCCCCCCC(=O)OC[C@@H](COC(=O)CCCCCCC)OC(=O)CCCCCCCCC. The van der Waals surface area contributed by atoms with Crippen molar-refractivity contribution in [3.63, 3.8) is 0 Å². The van der Waals surface area contributed by atoms with Crippen LogP contribution in [0.2, 0.25) is 0 Å². The van der Waals surface area contributed by atoms with E-state index in [0.717, 1.165) is 64.2 Å². The molecule has 0 aromatic carbocycles. The van der Waals surface area contributed by atoms with Gasteiger partial charge in [0.1, 0.15) is 13.2 Å². The van der Waals surface area contributed by atoms with Crippen molar-refractivity contribution in [3.05, 3.63) is 0 Å². The van der Waals surface area contributed by atoms with Gasteiger partial charge in [0.25, 0.3) is 0 Å². The minimum Gasteiger partial charge on any atom is -0.462 e. The van der Waals surface area contributed by atoms with Crippen LogP contribution >= 0.6 is 0 Å². The Morgan fingerprint density at radius 2 is 0.614 bits per heavy atom. The van der Waals surface area contributed by atoms with Gasteiger partial charge < -0.3 is 14.2 Å². The molecule has 6 nitrogen and oxygen atoms in total. The molecule has 1 atom stereocenters. The summed E-state index contributed by atoms with van der Waals surface area (Å²) in [5, 5.41) is 0. The highest BCUT2D eigenvalue weighted by atomic mass is 16.6. The van der Waals surface area contributed by atoms with Gasteiger partial charge in [-0.1, -0.05) is 168 Å². The van der Waals surface area contributed by atoms with Gasteiger partial charge in [0.05, 0.1) is 0 Å². The number of ether oxygens (including phenoxy) is 3. The predicted molar refractivity (Wildman–Crippen MR) is 183 cm³/mol. The first-order valence-electron chi connectivity index (χ1n) is 19.0. The van der Waals surface area contributed by atoms with E-state index in [4.69, 9.17) is 14.2 Å². The van der Waals surface area contributed by atoms with Crippen LogP contribution in [0.4, 0.5) is 0 Å². The molecule has 0 aliphatic heterocycles.